The predicted molar refractivity (Wildman–Crippen MR) is 166 cm³/mol. The standard InChI is InChI=1S/C33H30Cl2N2O5S/c34-27-7-4-8-28(35)31(27)32-26(33(42-36-32)21-9-10-21)18-41-30-16-24-15-22(30)17-37(24)23-13-11-20(12-14-23)29(38)19-43(39,40)25-5-2-1-3-6-25/h1-8,11-14,21-22,24,30H,9-10,15-19H2/t22-,24-,30+/m0/s1. The number of fused-ring (bicyclic) bond motifs is 2. The summed E-state index contributed by atoms with van der Waals surface area (Å²) in [6.07, 6.45) is 4.19. The zero-order valence-corrected chi connectivity index (χ0v) is 25.6. The van der Waals surface area contributed by atoms with Crippen molar-refractivity contribution in [2.75, 3.05) is 17.2 Å². The monoisotopic (exact) mass is 636 g/mol. The first-order valence-corrected chi connectivity index (χ1v) is 16.9. The number of hydrogen-bond donors (Lipinski definition) is 0. The molecule has 0 unspecified atom stereocenters. The van der Waals surface area contributed by atoms with Gasteiger partial charge < -0.3 is 14.2 Å². The fourth-order valence-corrected chi connectivity index (χ4v) is 8.30. The fourth-order valence-electron chi connectivity index (χ4n) is 6.47. The molecular formula is C33H30Cl2N2O5S. The summed E-state index contributed by atoms with van der Waals surface area (Å²) < 4.78 is 37.6. The Bertz CT molecular complexity index is 1750. The molecule has 43 heavy (non-hydrogen) atoms. The topological polar surface area (TPSA) is 89.7 Å². The maximum absolute atomic E-state index is 12.8. The average Bonchev–Trinajstić information content (AvgIpc) is 3.45. The van der Waals surface area contributed by atoms with E-state index in [-0.39, 0.29) is 11.0 Å². The van der Waals surface area contributed by atoms with Gasteiger partial charge in [0.15, 0.2) is 15.6 Å². The molecule has 0 radical (unpaired) electrons. The molecular weight excluding hydrogens is 607 g/mol. The summed E-state index contributed by atoms with van der Waals surface area (Å²) in [5, 5.41) is 5.44. The normalized spacial score (nSPS) is 21.4. The van der Waals surface area contributed by atoms with Gasteiger partial charge in [-0.2, -0.15) is 0 Å². The Morgan fingerprint density at radius 1 is 0.953 bits per heavy atom. The molecule has 0 N–H and O–H groups in total. The van der Waals surface area contributed by atoms with Crippen LogP contribution in [0.2, 0.25) is 10.0 Å². The molecule has 1 aromatic heterocycles. The van der Waals surface area contributed by atoms with Crippen molar-refractivity contribution in [3.8, 4) is 11.3 Å². The molecule has 0 amide bonds. The number of nitrogens with zero attached hydrogens (tertiary/aromatic N) is 2. The van der Waals surface area contributed by atoms with Gasteiger partial charge in [-0.25, -0.2) is 8.42 Å². The smallest absolute Gasteiger partial charge is 0.185 e. The second-order valence-electron chi connectivity index (χ2n) is 11.7. The van der Waals surface area contributed by atoms with Gasteiger partial charge in [-0.3, -0.25) is 4.79 Å². The SMILES string of the molecule is O=C(CS(=O)(=O)c1ccccc1)c1ccc(N2C[C@@H]3C[C@H]2C[C@H]3OCc2c(-c3c(Cl)cccc3Cl)noc2C2CC2)cc1. The van der Waals surface area contributed by atoms with Gasteiger partial charge in [-0.05, 0) is 74.2 Å². The van der Waals surface area contributed by atoms with E-state index in [9.17, 15) is 13.2 Å². The number of aromatic nitrogens is 1. The van der Waals surface area contributed by atoms with Gasteiger partial charge in [-0.1, -0.05) is 52.6 Å². The first-order valence-electron chi connectivity index (χ1n) is 14.5. The molecule has 4 aromatic rings. The van der Waals surface area contributed by atoms with Gasteiger partial charge >= 0.3 is 0 Å². The van der Waals surface area contributed by atoms with Gasteiger partial charge in [0, 0.05) is 46.8 Å². The molecule has 2 bridgehead atoms. The predicted octanol–water partition coefficient (Wildman–Crippen LogP) is 7.37. The lowest BCUT2D eigenvalue weighted by Crippen LogP contribution is -2.38. The number of sulfone groups is 1. The van der Waals surface area contributed by atoms with Gasteiger partial charge in [0.25, 0.3) is 0 Å². The van der Waals surface area contributed by atoms with Crippen LogP contribution in [0.25, 0.3) is 11.3 Å². The molecule has 3 atom stereocenters. The number of carbonyl (C=O) groups is 1. The average molecular weight is 638 g/mol. The van der Waals surface area contributed by atoms with E-state index in [0.29, 0.717) is 51.4 Å². The van der Waals surface area contributed by atoms with E-state index >= 15 is 0 Å². The summed E-state index contributed by atoms with van der Waals surface area (Å²) in [5.41, 5.74) is 3.70. The van der Waals surface area contributed by atoms with Crippen LogP contribution in [-0.2, 0) is 21.2 Å². The third kappa shape index (κ3) is 5.62. The maximum Gasteiger partial charge on any atom is 0.185 e. The number of piperidine rings is 1. The van der Waals surface area contributed by atoms with Gasteiger partial charge in [0.05, 0.1) is 27.7 Å². The summed E-state index contributed by atoms with van der Waals surface area (Å²) in [4.78, 5) is 15.3. The van der Waals surface area contributed by atoms with Gasteiger partial charge in [0.1, 0.15) is 17.2 Å². The highest BCUT2D eigenvalue weighted by Gasteiger charge is 2.46. The first kappa shape index (κ1) is 28.6. The van der Waals surface area contributed by atoms with E-state index in [4.69, 9.17) is 32.5 Å². The zero-order chi connectivity index (χ0) is 29.7. The van der Waals surface area contributed by atoms with E-state index in [1.54, 1.807) is 42.5 Å². The molecule has 1 aliphatic heterocycles. The van der Waals surface area contributed by atoms with Crippen LogP contribution in [0.1, 0.15) is 53.3 Å². The van der Waals surface area contributed by atoms with Gasteiger partial charge in [-0.15, -0.1) is 0 Å². The lowest BCUT2D eigenvalue weighted by molar-refractivity contribution is 0.0122. The minimum absolute atomic E-state index is 0.113. The van der Waals surface area contributed by atoms with Crippen LogP contribution in [0, 0.1) is 5.92 Å². The van der Waals surface area contributed by atoms with Gasteiger partial charge in [0.2, 0.25) is 0 Å². The number of benzene rings is 3. The van der Waals surface area contributed by atoms with Crippen LogP contribution in [0.5, 0.6) is 0 Å². The highest BCUT2D eigenvalue weighted by atomic mass is 35.5. The molecule has 7 rings (SSSR count). The third-order valence-corrected chi connectivity index (χ3v) is 11.1. The number of rotatable bonds is 10. The highest BCUT2D eigenvalue weighted by molar-refractivity contribution is 7.92. The Morgan fingerprint density at radius 3 is 2.33 bits per heavy atom. The minimum Gasteiger partial charge on any atom is -0.373 e. The molecule has 222 valence electrons. The molecule has 3 fully saturated rings. The summed E-state index contributed by atoms with van der Waals surface area (Å²) in [6, 6.07) is 21.1. The quantitative estimate of drug-likeness (QED) is 0.168. The van der Waals surface area contributed by atoms with Crippen LogP contribution in [0.4, 0.5) is 5.69 Å². The number of Topliss-reactive ketones (excluding diaryl/α,β-unsaturated/α-hetero) is 1. The summed E-state index contributed by atoms with van der Waals surface area (Å²) in [7, 11) is -3.69. The molecule has 3 aromatic carbocycles. The van der Waals surface area contributed by atoms with E-state index < -0.39 is 21.4 Å². The van der Waals surface area contributed by atoms with Crippen molar-refractivity contribution in [2.45, 2.75) is 55.2 Å². The van der Waals surface area contributed by atoms with Crippen molar-refractivity contribution in [2.24, 2.45) is 5.92 Å². The number of anilines is 1. The van der Waals surface area contributed by atoms with Crippen molar-refractivity contribution in [1.82, 2.24) is 5.16 Å². The summed E-state index contributed by atoms with van der Waals surface area (Å²) in [5.74, 6) is 0.650. The molecule has 0 spiro atoms. The van der Waals surface area contributed by atoms with Crippen LogP contribution in [0.3, 0.4) is 0 Å². The van der Waals surface area contributed by atoms with Crippen LogP contribution < -0.4 is 4.90 Å². The van der Waals surface area contributed by atoms with Crippen LogP contribution in [0.15, 0.2) is 82.2 Å². The number of hydrogen-bond acceptors (Lipinski definition) is 7. The Labute approximate surface area is 260 Å². The number of halogens is 2. The number of carbonyl (C=O) groups excluding carboxylic acids is 1. The van der Waals surface area contributed by atoms with Crippen molar-refractivity contribution < 1.29 is 22.5 Å². The van der Waals surface area contributed by atoms with Crippen molar-refractivity contribution in [3.05, 3.63) is 99.7 Å². The molecule has 2 aliphatic carbocycles. The van der Waals surface area contributed by atoms with E-state index in [2.05, 4.69) is 10.1 Å². The lowest BCUT2D eigenvalue weighted by Gasteiger charge is -2.33. The highest BCUT2D eigenvalue weighted by Crippen LogP contribution is 2.47. The minimum atomic E-state index is -3.69. The molecule has 2 saturated carbocycles. The molecule has 7 nitrogen and oxygen atoms in total. The van der Waals surface area contributed by atoms with Crippen molar-refractivity contribution in [1.29, 1.82) is 0 Å². The summed E-state index contributed by atoms with van der Waals surface area (Å²) >= 11 is 13.0. The van der Waals surface area contributed by atoms with E-state index in [0.717, 1.165) is 49.2 Å². The van der Waals surface area contributed by atoms with E-state index in [1.165, 1.54) is 12.1 Å². The third-order valence-electron chi connectivity index (χ3n) is 8.83. The molecule has 2 heterocycles. The molecule has 3 aliphatic rings. The Hall–Kier alpha value is -3.17. The summed E-state index contributed by atoms with van der Waals surface area (Å²) in [6.45, 7) is 1.25. The largest absolute Gasteiger partial charge is 0.373 e. The number of ether oxygens (including phenoxy) is 1. The zero-order valence-electron chi connectivity index (χ0n) is 23.3. The second kappa shape index (κ2) is 11.4. The van der Waals surface area contributed by atoms with E-state index in [1.807, 2.05) is 18.2 Å². The van der Waals surface area contributed by atoms with Crippen LogP contribution >= 0.6 is 23.2 Å². The van der Waals surface area contributed by atoms with Crippen LogP contribution in [-0.4, -0.2) is 43.8 Å². The molecule has 1 saturated heterocycles. The number of ketones is 1. The fraction of sp³-hybridized carbons (Fsp3) is 0.333. The lowest BCUT2D eigenvalue weighted by atomic mass is 10.0. The molecule has 10 heteroatoms. The van der Waals surface area contributed by atoms with Crippen molar-refractivity contribution in [3.63, 3.8) is 0 Å². The second-order valence-corrected chi connectivity index (χ2v) is 14.5. The Morgan fingerprint density at radius 2 is 1.67 bits per heavy atom. The first-order chi connectivity index (χ1) is 20.8. The Balaban J connectivity index is 0.999. The Kier molecular flexibility index (Phi) is 7.58. The van der Waals surface area contributed by atoms with Crippen molar-refractivity contribution >= 4 is 44.5 Å². The maximum atomic E-state index is 12.8.